The minimum absolute atomic E-state index is 0.422. The monoisotopic (exact) mass is 267 g/mol. The maximum Gasteiger partial charge on any atom is 0.135 e. The van der Waals surface area contributed by atoms with E-state index in [1.54, 1.807) is 6.33 Å². The summed E-state index contributed by atoms with van der Waals surface area (Å²) in [4.78, 5) is 11.3. The van der Waals surface area contributed by atoms with Crippen molar-refractivity contribution in [3.05, 3.63) is 17.6 Å². The number of halogens is 1. The second kappa shape index (κ2) is 6.37. The molecular formula is C14H22ClN3. The van der Waals surface area contributed by atoms with Crippen molar-refractivity contribution >= 4 is 17.4 Å². The number of nitrogens with zero attached hydrogens (tertiary/aromatic N) is 3. The fourth-order valence-corrected chi connectivity index (χ4v) is 2.81. The smallest absolute Gasteiger partial charge is 0.135 e. The van der Waals surface area contributed by atoms with Crippen LogP contribution in [0, 0.1) is 0 Å². The van der Waals surface area contributed by atoms with Crippen molar-refractivity contribution in [2.45, 2.75) is 52.0 Å². The maximum atomic E-state index is 5.92. The van der Waals surface area contributed by atoms with Gasteiger partial charge in [0.25, 0.3) is 0 Å². The van der Waals surface area contributed by atoms with Crippen LogP contribution in [0.1, 0.15) is 44.4 Å². The summed E-state index contributed by atoms with van der Waals surface area (Å²) in [5.41, 5.74) is 2.60. The van der Waals surface area contributed by atoms with Gasteiger partial charge in [-0.2, -0.15) is 0 Å². The lowest BCUT2D eigenvalue weighted by atomic mass is 10.1. The second-order valence-corrected chi connectivity index (χ2v) is 5.54. The Bertz CT molecular complexity index is 393. The SMILES string of the molecule is CC(C)N(CCCl)c1ncnc2c1CCCCC2. The predicted molar refractivity (Wildman–Crippen MR) is 76.5 cm³/mol. The third kappa shape index (κ3) is 2.94. The van der Waals surface area contributed by atoms with Crippen LogP contribution in [0.3, 0.4) is 0 Å². The van der Waals surface area contributed by atoms with Gasteiger partial charge in [0.2, 0.25) is 0 Å². The van der Waals surface area contributed by atoms with E-state index in [2.05, 4.69) is 28.7 Å². The van der Waals surface area contributed by atoms with Gasteiger partial charge in [0.1, 0.15) is 12.1 Å². The largest absolute Gasteiger partial charge is 0.353 e. The van der Waals surface area contributed by atoms with Crippen molar-refractivity contribution < 1.29 is 0 Å². The number of hydrogen-bond acceptors (Lipinski definition) is 3. The van der Waals surface area contributed by atoms with E-state index in [1.807, 2.05) is 0 Å². The summed E-state index contributed by atoms with van der Waals surface area (Å²) >= 11 is 5.92. The number of rotatable bonds is 4. The highest BCUT2D eigenvalue weighted by atomic mass is 35.5. The van der Waals surface area contributed by atoms with E-state index in [1.165, 1.54) is 30.5 Å². The summed E-state index contributed by atoms with van der Waals surface area (Å²) < 4.78 is 0. The van der Waals surface area contributed by atoms with E-state index >= 15 is 0 Å². The fraction of sp³-hybridized carbons (Fsp3) is 0.714. The van der Waals surface area contributed by atoms with Crippen molar-refractivity contribution in [1.29, 1.82) is 0 Å². The molecule has 1 aliphatic rings. The van der Waals surface area contributed by atoms with Gasteiger partial charge in [-0.15, -0.1) is 11.6 Å². The van der Waals surface area contributed by atoms with Gasteiger partial charge in [-0.25, -0.2) is 9.97 Å². The van der Waals surface area contributed by atoms with E-state index in [-0.39, 0.29) is 0 Å². The van der Waals surface area contributed by atoms with E-state index in [0.29, 0.717) is 11.9 Å². The molecule has 1 aliphatic carbocycles. The molecule has 4 heteroatoms. The molecule has 0 bridgehead atoms. The molecule has 1 aromatic rings. The van der Waals surface area contributed by atoms with Crippen molar-refractivity contribution in [2.24, 2.45) is 0 Å². The highest BCUT2D eigenvalue weighted by Gasteiger charge is 2.20. The average molecular weight is 268 g/mol. The van der Waals surface area contributed by atoms with Crippen LogP contribution < -0.4 is 4.90 Å². The molecular weight excluding hydrogens is 246 g/mol. The first kappa shape index (κ1) is 13.6. The molecule has 0 saturated heterocycles. The number of hydrogen-bond donors (Lipinski definition) is 0. The van der Waals surface area contributed by atoms with Crippen LogP contribution in [-0.2, 0) is 12.8 Å². The zero-order valence-corrected chi connectivity index (χ0v) is 12.1. The van der Waals surface area contributed by atoms with Gasteiger partial charge in [-0.3, -0.25) is 0 Å². The van der Waals surface area contributed by atoms with Crippen molar-refractivity contribution in [1.82, 2.24) is 9.97 Å². The second-order valence-electron chi connectivity index (χ2n) is 5.16. The van der Waals surface area contributed by atoms with Crippen molar-refractivity contribution in [2.75, 3.05) is 17.3 Å². The third-order valence-corrected chi connectivity index (χ3v) is 3.74. The molecule has 0 radical (unpaired) electrons. The molecule has 0 aromatic carbocycles. The predicted octanol–water partition coefficient (Wildman–Crippen LogP) is 3.20. The number of alkyl halides is 1. The molecule has 0 fully saturated rings. The number of aromatic nitrogens is 2. The quantitative estimate of drug-likeness (QED) is 0.620. The molecule has 0 atom stereocenters. The Morgan fingerprint density at radius 1 is 1.22 bits per heavy atom. The first-order valence-electron chi connectivity index (χ1n) is 6.89. The Kier molecular flexibility index (Phi) is 4.81. The van der Waals surface area contributed by atoms with E-state index < -0.39 is 0 Å². The zero-order valence-electron chi connectivity index (χ0n) is 11.3. The summed E-state index contributed by atoms with van der Waals surface area (Å²) in [5, 5.41) is 0. The molecule has 0 amide bonds. The Balaban J connectivity index is 2.36. The summed E-state index contributed by atoms with van der Waals surface area (Å²) in [6, 6.07) is 0.422. The third-order valence-electron chi connectivity index (χ3n) is 3.57. The van der Waals surface area contributed by atoms with Crippen LogP contribution in [0.2, 0.25) is 0 Å². The normalized spacial score (nSPS) is 15.3. The van der Waals surface area contributed by atoms with E-state index in [4.69, 9.17) is 11.6 Å². The lowest BCUT2D eigenvalue weighted by Gasteiger charge is -2.29. The van der Waals surface area contributed by atoms with Crippen LogP contribution in [0.4, 0.5) is 5.82 Å². The standard InChI is InChI=1S/C14H22ClN3/c1-11(2)18(9-8-15)14-12-6-4-3-5-7-13(12)16-10-17-14/h10-11H,3-9H2,1-2H3. The molecule has 2 rings (SSSR count). The Hall–Kier alpha value is -0.830. The van der Waals surface area contributed by atoms with Crippen molar-refractivity contribution in [3.63, 3.8) is 0 Å². The summed E-state index contributed by atoms with van der Waals surface area (Å²) in [7, 11) is 0. The van der Waals surface area contributed by atoms with Gasteiger partial charge in [0.05, 0.1) is 0 Å². The molecule has 0 spiro atoms. The molecule has 1 heterocycles. The van der Waals surface area contributed by atoms with Gasteiger partial charge in [0.15, 0.2) is 0 Å². The first-order chi connectivity index (χ1) is 8.74. The minimum atomic E-state index is 0.422. The topological polar surface area (TPSA) is 29.0 Å². The average Bonchev–Trinajstić information content (AvgIpc) is 2.60. The van der Waals surface area contributed by atoms with Gasteiger partial charge < -0.3 is 4.90 Å². The molecule has 1 aromatic heterocycles. The Morgan fingerprint density at radius 2 is 2.00 bits per heavy atom. The van der Waals surface area contributed by atoms with Crippen LogP contribution in [0.5, 0.6) is 0 Å². The zero-order chi connectivity index (χ0) is 13.0. The van der Waals surface area contributed by atoms with E-state index in [9.17, 15) is 0 Å². The van der Waals surface area contributed by atoms with Gasteiger partial charge >= 0.3 is 0 Å². The van der Waals surface area contributed by atoms with E-state index in [0.717, 1.165) is 25.2 Å². The summed E-state index contributed by atoms with van der Waals surface area (Å²) in [6.07, 6.45) is 7.71. The highest BCUT2D eigenvalue weighted by molar-refractivity contribution is 6.18. The lowest BCUT2D eigenvalue weighted by molar-refractivity contribution is 0.682. The Labute approximate surface area is 115 Å². The van der Waals surface area contributed by atoms with Crippen LogP contribution in [-0.4, -0.2) is 28.4 Å². The highest BCUT2D eigenvalue weighted by Crippen LogP contribution is 2.27. The molecule has 3 nitrogen and oxygen atoms in total. The number of anilines is 1. The van der Waals surface area contributed by atoms with Gasteiger partial charge in [0, 0.05) is 29.7 Å². The Morgan fingerprint density at radius 3 is 2.72 bits per heavy atom. The van der Waals surface area contributed by atoms with Gasteiger partial charge in [-0.05, 0) is 39.5 Å². The molecule has 0 saturated carbocycles. The number of fused-ring (bicyclic) bond motifs is 1. The first-order valence-corrected chi connectivity index (χ1v) is 7.43. The number of aryl methyl sites for hydroxylation is 1. The fourth-order valence-electron chi connectivity index (χ4n) is 2.63. The molecule has 0 N–H and O–H groups in total. The van der Waals surface area contributed by atoms with Crippen molar-refractivity contribution in [3.8, 4) is 0 Å². The maximum absolute atomic E-state index is 5.92. The summed E-state index contributed by atoms with van der Waals surface area (Å²) in [5.74, 6) is 1.74. The molecule has 100 valence electrons. The van der Waals surface area contributed by atoms with Gasteiger partial charge in [-0.1, -0.05) is 6.42 Å². The summed E-state index contributed by atoms with van der Waals surface area (Å²) in [6.45, 7) is 5.23. The molecule has 18 heavy (non-hydrogen) atoms. The van der Waals surface area contributed by atoms with Crippen LogP contribution >= 0.6 is 11.6 Å². The van der Waals surface area contributed by atoms with Crippen LogP contribution in [0.25, 0.3) is 0 Å². The lowest BCUT2D eigenvalue weighted by Crippen LogP contribution is -2.34. The minimum Gasteiger partial charge on any atom is -0.353 e. The van der Waals surface area contributed by atoms with Crippen LogP contribution in [0.15, 0.2) is 6.33 Å². The molecule has 0 aliphatic heterocycles. The molecule has 0 unspecified atom stereocenters.